The Morgan fingerprint density at radius 1 is 0.833 bits per heavy atom. The predicted molar refractivity (Wildman–Crippen MR) is 119 cm³/mol. The zero-order chi connectivity index (χ0) is 21.1. The van der Waals surface area contributed by atoms with Gasteiger partial charge in [0, 0.05) is 52.4 Å². The van der Waals surface area contributed by atoms with Gasteiger partial charge in [0.05, 0.1) is 5.75 Å². The zero-order valence-electron chi connectivity index (χ0n) is 17.7. The molecule has 1 aromatic carbocycles. The maximum atomic E-state index is 12.8. The topological polar surface area (TPSA) is 72.9 Å². The molecule has 2 saturated heterocycles. The lowest BCUT2D eigenvalue weighted by molar-refractivity contribution is 0.312. The second-order valence-electron chi connectivity index (χ2n) is 8.17. The molecule has 2 fully saturated rings. The Morgan fingerprint density at radius 3 is 1.93 bits per heavy atom. The first kappa shape index (κ1) is 21.0. The van der Waals surface area contributed by atoms with E-state index in [-0.39, 0.29) is 5.75 Å². The van der Waals surface area contributed by atoms with Gasteiger partial charge >= 0.3 is 0 Å². The summed E-state index contributed by atoms with van der Waals surface area (Å²) >= 11 is 0. The van der Waals surface area contributed by atoms with Gasteiger partial charge in [-0.2, -0.15) is 4.31 Å². The van der Waals surface area contributed by atoms with Crippen molar-refractivity contribution in [3.05, 3.63) is 47.5 Å². The number of anilines is 2. The number of benzene rings is 1. The second kappa shape index (κ2) is 8.87. The SMILES string of the molecule is Cc1cccc(CS(=O)(=O)N2CCN(c3ccc(N4CCN(C)CC4)nn3)CC2)c1. The first-order valence-electron chi connectivity index (χ1n) is 10.5. The van der Waals surface area contributed by atoms with Crippen LogP contribution in [0.4, 0.5) is 11.6 Å². The Balaban J connectivity index is 1.34. The van der Waals surface area contributed by atoms with Crippen molar-refractivity contribution in [1.82, 2.24) is 19.4 Å². The van der Waals surface area contributed by atoms with Gasteiger partial charge in [-0.3, -0.25) is 0 Å². The lowest BCUT2D eigenvalue weighted by Gasteiger charge is -2.35. The fourth-order valence-electron chi connectivity index (χ4n) is 3.99. The van der Waals surface area contributed by atoms with Crippen LogP contribution in [-0.2, 0) is 15.8 Å². The molecule has 4 rings (SSSR count). The molecule has 2 aliphatic rings. The van der Waals surface area contributed by atoms with Gasteiger partial charge in [0.15, 0.2) is 11.6 Å². The van der Waals surface area contributed by atoms with E-state index in [4.69, 9.17) is 0 Å². The summed E-state index contributed by atoms with van der Waals surface area (Å²) in [6.45, 7) is 8.14. The third kappa shape index (κ3) is 4.91. The highest BCUT2D eigenvalue weighted by Crippen LogP contribution is 2.20. The third-order valence-corrected chi connectivity index (χ3v) is 7.70. The van der Waals surface area contributed by atoms with E-state index >= 15 is 0 Å². The number of sulfonamides is 1. The minimum atomic E-state index is -3.32. The summed E-state index contributed by atoms with van der Waals surface area (Å²) in [5.41, 5.74) is 1.91. The van der Waals surface area contributed by atoms with E-state index in [1.54, 1.807) is 4.31 Å². The Hall–Kier alpha value is -2.23. The summed E-state index contributed by atoms with van der Waals surface area (Å²) in [4.78, 5) is 6.68. The van der Waals surface area contributed by atoms with E-state index in [2.05, 4.69) is 31.9 Å². The Labute approximate surface area is 179 Å². The molecule has 1 aromatic heterocycles. The zero-order valence-corrected chi connectivity index (χ0v) is 18.6. The van der Waals surface area contributed by atoms with E-state index in [0.717, 1.165) is 48.9 Å². The molecule has 30 heavy (non-hydrogen) atoms. The van der Waals surface area contributed by atoms with Crippen LogP contribution >= 0.6 is 0 Å². The van der Waals surface area contributed by atoms with E-state index < -0.39 is 10.0 Å². The maximum absolute atomic E-state index is 12.8. The molecule has 0 amide bonds. The minimum Gasteiger partial charge on any atom is -0.353 e. The van der Waals surface area contributed by atoms with Crippen molar-refractivity contribution in [2.24, 2.45) is 0 Å². The van der Waals surface area contributed by atoms with Crippen molar-refractivity contribution in [3.8, 4) is 0 Å². The van der Waals surface area contributed by atoms with Crippen molar-refractivity contribution >= 4 is 21.7 Å². The standard InChI is InChI=1S/C21H30N6O2S/c1-18-4-3-5-19(16-18)17-30(28,29)27-14-12-26(13-15-27)21-7-6-20(22-23-21)25-10-8-24(2)9-11-25/h3-7,16H,8-15,17H2,1-2H3. The van der Waals surface area contributed by atoms with Gasteiger partial charge in [-0.15, -0.1) is 10.2 Å². The molecule has 0 unspecified atom stereocenters. The van der Waals surface area contributed by atoms with Crippen LogP contribution < -0.4 is 9.80 Å². The summed E-state index contributed by atoms with van der Waals surface area (Å²) in [6, 6.07) is 11.7. The second-order valence-corrected chi connectivity index (χ2v) is 10.1. The molecule has 9 heteroatoms. The molecule has 0 bridgehead atoms. The fourth-order valence-corrected chi connectivity index (χ4v) is 5.49. The van der Waals surface area contributed by atoms with E-state index in [1.165, 1.54) is 0 Å². The molecule has 3 heterocycles. The van der Waals surface area contributed by atoms with E-state index in [9.17, 15) is 8.42 Å². The highest BCUT2D eigenvalue weighted by atomic mass is 32.2. The average Bonchev–Trinajstić information content (AvgIpc) is 2.74. The highest BCUT2D eigenvalue weighted by molar-refractivity contribution is 7.88. The molecule has 0 spiro atoms. The lowest BCUT2D eigenvalue weighted by Crippen LogP contribution is -2.49. The van der Waals surface area contributed by atoms with Crippen LogP contribution in [0, 0.1) is 6.92 Å². The number of aromatic nitrogens is 2. The number of hydrogen-bond donors (Lipinski definition) is 0. The fraction of sp³-hybridized carbons (Fsp3) is 0.524. The summed E-state index contributed by atoms with van der Waals surface area (Å²) in [7, 11) is -1.19. The molecule has 0 saturated carbocycles. The predicted octanol–water partition coefficient (Wildman–Crippen LogP) is 1.19. The first-order valence-corrected chi connectivity index (χ1v) is 12.1. The van der Waals surface area contributed by atoms with Crippen molar-refractivity contribution in [2.45, 2.75) is 12.7 Å². The average molecular weight is 431 g/mol. The highest BCUT2D eigenvalue weighted by Gasteiger charge is 2.28. The Morgan fingerprint density at radius 2 is 1.40 bits per heavy atom. The third-order valence-electron chi connectivity index (χ3n) is 5.85. The van der Waals surface area contributed by atoms with Gasteiger partial charge in [-0.25, -0.2) is 8.42 Å². The Bertz CT molecular complexity index is 950. The molecule has 0 atom stereocenters. The van der Waals surface area contributed by atoms with Gasteiger partial charge in [-0.1, -0.05) is 29.8 Å². The smallest absolute Gasteiger partial charge is 0.218 e. The van der Waals surface area contributed by atoms with Crippen LogP contribution in [0.1, 0.15) is 11.1 Å². The first-order chi connectivity index (χ1) is 14.4. The summed E-state index contributed by atoms with van der Waals surface area (Å²) < 4.78 is 27.2. The van der Waals surface area contributed by atoms with Crippen LogP contribution in [0.3, 0.4) is 0 Å². The number of likely N-dealkylation sites (N-methyl/N-ethyl adjacent to an activating group) is 1. The van der Waals surface area contributed by atoms with Gasteiger partial charge in [-0.05, 0) is 31.7 Å². The lowest BCUT2D eigenvalue weighted by atomic mass is 10.2. The van der Waals surface area contributed by atoms with Crippen LogP contribution in [0.25, 0.3) is 0 Å². The molecule has 0 aliphatic carbocycles. The summed E-state index contributed by atoms with van der Waals surface area (Å²) in [5, 5.41) is 8.83. The molecule has 0 N–H and O–H groups in total. The van der Waals surface area contributed by atoms with Gasteiger partial charge < -0.3 is 14.7 Å². The molecular formula is C21H30N6O2S. The minimum absolute atomic E-state index is 0.0498. The van der Waals surface area contributed by atoms with Gasteiger partial charge in [0.2, 0.25) is 10.0 Å². The van der Waals surface area contributed by atoms with Crippen molar-refractivity contribution < 1.29 is 8.42 Å². The van der Waals surface area contributed by atoms with E-state index in [1.807, 2.05) is 43.3 Å². The molecule has 2 aliphatic heterocycles. The monoisotopic (exact) mass is 430 g/mol. The van der Waals surface area contributed by atoms with Crippen LogP contribution in [0.2, 0.25) is 0 Å². The quantitative estimate of drug-likeness (QED) is 0.705. The van der Waals surface area contributed by atoms with Crippen molar-refractivity contribution in [2.75, 3.05) is 69.2 Å². The summed E-state index contributed by atoms with van der Waals surface area (Å²) in [6.07, 6.45) is 0. The number of nitrogens with zero attached hydrogens (tertiary/aromatic N) is 6. The molecular weight excluding hydrogens is 400 g/mol. The molecule has 162 valence electrons. The van der Waals surface area contributed by atoms with Gasteiger partial charge in [0.1, 0.15) is 0 Å². The normalized spacial score (nSPS) is 19.3. The van der Waals surface area contributed by atoms with Gasteiger partial charge in [0.25, 0.3) is 0 Å². The molecule has 0 radical (unpaired) electrons. The van der Waals surface area contributed by atoms with Crippen LogP contribution in [-0.4, -0.2) is 87.2 Å². The summed E-state index contributed by atoms with van der Waals surface area (Å²) in [5.74, 6) is 1.77. The van der Waals surface area contributed by atoms with Crippen LogP contribution in [0.5, 0.6) is 0 Å². The molecule has 2 aromatic rings. The number of aryl methyl sites for hydroxylation is 1. The van der Waals surface area contributed by atoms with E-state index in [0.29, 0.717) is 26.2 Å². The molecule has 8 nitrogen and oxygen atoms in total. The number of piperazine rings is 2. The van der Waals surface area contributed by atoms with Crippen molar-refractivity contribution in [1.29, 1.82) is 0 Å². The largest absolute Gasteiger partial charge is 0.353 e. The number of hydrogen-bond acceptors (Lipinski definition) is 7. The Kier molecular flexibility index (Phi) is 6.21. The maximum Gasteiger partial charge on any atom is 0.218 e. The number of rotatable bonds is 5. The van der Waals surface area contributed by atoms with Crippen LogP contribution in [0.15, 0.2) is 36.4 Å². The van der Waals surface area contributed by atoms with Crippen molar-refractivity contribution in [3.63, 3.8) is 0 Å².